The van der Waals surface area contributed by atoms with Crippen molar-refractivity contribution in [1.29, 1.82) is 0 Å². The van der Waals surface area contributed by atoms with Gasteiger partial charge < -0.3 is 5.11 Å². The molecule has 0 saturated heterocycles. The summed E-state index contributed by atoms with van der Waals surface area (Å²) in [4.78, 5) is 14.4. The largest absolute Gasteiger partial charge is 0.481 e. The average molecular weight is 183 g/mol. The van der Waals surface area contributed by atoms with Crippen molar-refractivity contribution >= 4 is 5.97 Å². The van der Waals surface area contributed by atoms with E-state index in [-0.39, 0.29) is 12.3 Å². The van der Waals surface area contributed by atoms with Crippen LogP contribution in [0.5, 0.6) is 0 Å². The highest BCUT2D eigenvalue weighted by molar-refractivity contribution is 5.66. The van der Waals surface area contributed by atoms with Gasteiger partial charge in [0, 0.05) is 12.3 Å². The maximum Gasteiger partial charge on any atom is 0.303 e. The first kappa shape index (κ1) is 9.70. The molecule has 0 aliphatic rings. The molecule has 72 valence electrons. The number of hydrogen-bond acceptors (Lipinski definition) is 3. The summed E-state index contributed by atoms with van der Waals surface area (Å²) < 4.78 is 0. The highest BCUT2D eigenvalue weighted by atomic mass is 16.4. The van der Waals surface area contributed by atoms with Crippen LogP contribution in [0, 0.1) is 0 Å². The Morgan fingerprint density at radius 1 is 1.62 bits per heavy atom. The predicted octanol–water partition coefficient (Wildman–Crippen LogP) is 0.945. The minimum absolute atomic E-state index is 0.0900. The molecule has 1 aromatic rings. The maximum atomic E-state index is 10.3. The van der Waals surface area contributed by atoms with E-state index in [4.69, 9.17) is 5.11 Å². The number of carboxylic acids is 1. The van der Waals surface area contributed by atoms with Crippen LogP contribution >= 0.6 is 0 Å². The summed E-state index contributed by atoms with van der Waals surface area (Å²) in [5, 5.41) is 15.1. The fraction of sp³-hybridized carbons (Fsp3) is 0.625. The van der Waals surface area contributed by atoms with Gasteiger partial charge in [-0.05, 0) is 0 Å². The Kier molecular flexibility index (Phi) is 3.00. The Hall–Kier alpha value is -1.39. The highest BCUT2D eigenvalue weighted by Gasteiger charge is 2.07. The van der Waals surface area contributed by atoms with Gasteiger partial charge in [-0.3, -0.25) is 9.89 Å². The van der Waals surface area contributed by atoms with Crippen molar-refractivity contribution in [2.24, 2.45) is 0 Å². The van der Waals surface area contributed by atoms with Crippen LogP contribution in [0.25, 0.3) is 0 Å². The number of H-pyrrole nitrogens is 1. The van der Waals surface area contributed by atoms with Crippen molar-refractivity contribution in [1.82, 2.24) is 15.2 Å². The average Bonchev–Trinajstić information content (AvgIpc) is 2.48. The molecule has 0 spiro atoms. The normalized spacial score (nSPS) is 10.7. The zero-order chi connectivity index (χ0) is 9.84. The zero-order valence-corrected chi connectivity index (χ0v) is 7.74. The van der Waals surface area contributed by atoms with Crippen LogP contribution in [0.2, 0.25) is 0 Å². The van der Waals surface area contributed by atoms with Crippen molar-refractivity contribution in [2.45, 2.75) is 32.6 Å². The van der Waals surface area contributed by atoms with Crippen LogP contribution in [-0.2, 0) is 11.2 Å². The van der Waals surface area contributed by atoms with Crippen molar-refractivity contribution < 1.29 is 9.90 Å². The standard InChI is InChI=1S/C8H13N3O2/c1-5(2)8-9-6(10-11-8)3-4-7(12)13/h5H,3-4H2,1-2H3,(H,12,13)(H,9,10,11). The van der Waals surface area contributed by atoms with Gasteiger partial charge in [0.25, 0.3) is 0 Å². The molecule has 5 heteroatoms. The Morgan fingerprint density at radius 2 is 2.31 bits per heavy atom. The molecule has 13 heavy (non-hydrogen) atoms. The molecule has 0 amide bonds. The summed E-state index contributed by atoms with van der Waals surface area (Å²) in [5.74, 6) is 0.837. The van der Waals surface area contributed by atoms with E-state index in [1.807, 2.05) is 13.8 Å². The van der Waals surface area contributed by atoms with E-state index in [0.29, 0.717) is 12.2 Å². The van der Waals surface area contributed by atoms with Gasteiger partial charge in [-0.25, -0.2) is 4.98 Å². The lowest BCUT2D eigenvalue weighted by atomic mass is 10.2. The molecule has 5 nitrogen and oxygen atoms in total. The fourth-order valence-corrected chi connectivity index (χ4v) is 0.905. The van der Waals surface area contributed by atoms with Gasteiger partial charge in [-0.15, -0.1) is 0 Å². The number of nitrogens with one attached hydrogen (secondary N) is 1. The molecule has 0 radical (unpaired) electrons. The third-order valence-electron chi connectivity index (χ3n) is 1.64. The van der Waals surface area contributed by atoms with E-state index < -0.39 is 5.97 Å². The number of aromatic amines is 1. The third-order valence-corrected chi connectivity index (χ3v) is 1.64. The minimum Gasteiger partial charge on any atom is -0.481 e. The third kappa shape index (κ3) is 2.85. The van der Waals surface area contributed by atoms with E-state index in [9.17, 15) is 4.79 Å². The van der Waals surface area contributed by atoms with Crippen LogP contribution in [-0.4, -0.2) is 26.3 Å². The smallest absolute Gasteiger partial charge is 0.303 e. The summed E-state index contributed by atoms with van der Waals surface area (Å²) in [6.45, 7) is 3.98. The maximum absolute atomic E-state index is 10.3. The van der Waals surface area contributed by atoms with E-state index in [1.165, 1.54) is 0 Å². The van der Waals surface area contributed by atoms with Crippen molar-refractivity contribution in [3.05, 3.63) is 11.6 Å². The lowest BCUT2D eigenvalue weighted by Gasteiger charge is -1.93. The number of rotatable bonds is 4. The lowest BCUT2D eigenvalue weighted by molar-refractivity contribution is -0.137. The molecule has 0 aliphatic heterocycles. The topological polar surface area (TPSA) is 78.9 Å². The summed E-state index contributed by atoms with van der Waals surface area (Å²) in [6.07, 6.45) is 0.502. The molecule has 0 atom stereocenters. The monoisotopic (exact) mass is 183 g/mol. The molecule has 2 N–H and O–H groups in total. The molecule has 1 heterocycles. The van der Waals surface area contributed by atoms with E-state index in [2.05, 4.69) is 15.2 Å². The van der Waals surface area contributed by atoms with E-state index >= 15 is 0 Å². The highest BCUT2D eigenvalue weighted by Crippen LogP contribution is 2.08. The Labute approximate surface area is 76.2 Å². The quantitative estimate of drug-likeness (QED) is 0.728. The molecular formula is C8H13N3O2. The second kappa shape index (κ2) is 4.02. The number of aliphatic carboxylic acids is 1. The lowest BCUT2D eigenvalue weighted by Crippen LogP contribution is -1.99. The number of carbonyl (C=O) groups is 1. The summed E-state index contributed by atoms with van der Waals surface area (Å²) in [5.41, 5.74) is 0. The number of carboxylic acid groups (broad SMARTS) is 1. The van der Waals surface area contributed by atoms with Gasteiger partial charge in [0.15, 0.2) is 5.82 Å². The van der Waals surface area contributed by atoms with Gasteiger partial charge in [-0.1, -0.05) is 13.8 Å². The SMILES string of the molecule is CC(C)c1n[nH]c(CCC(=O)O)n1. The Morgan fingerprint density at radius 3 is 2.77 bits per heavy atom. The molecule has 1 rings (SSSR count). The molecule has 0 aromatic carbocycles. The van der Waals surface area contributed by atoms with Crippen molar-refractivity contribution in [3.8, 4) is 0 Å². The van der Waals surface area contributed by atoms with Crippen LogP contribution in [0.1, 0.15) is 37.8 Å². The first-order chi connectivity index (χ1) is 6.09. The molecule has 0 aliphatic carbocycles. The summed E-state index contributed by atoms with van der Waals surface area (Å²) in [6, 6.07) is 0. The first-order valence-electron chi connectivity index (χ1n) is 4.22. The second-order valence-electron chi connectivity index (χ2n) is 3.19. The van der Waals surface area contributed by atoms with Gasteiger partial charge in [0.1, 0.15) is 5.82 Å². The molecule has 0 saturated carbocycles. The molecule has 0 unspecified atom stereocenters. The minimum atomic E-state index is -0.817. The van der Waals surface area contributed by atoms with Crippen LogP contribution < -0.4 is 0 Å². The molecule has 0 bridgehead atoms. The van der Waals surface area contributed by atoms with Gasteiger partial charge >= 0.3 is 5.97 Å². The fourth-order valence-electron chi connectivity index (χ4n) is 0.905. The van der Waals surface area contributed by atoms with Crippen LogP contribution in [0.4, 0.5) is 0 Å². The molecule has 0 fully saturated rings. The van der Waals surface area contributed by atoms with Gasteiger partial charge in [0.05, 0.1) is 6.42 Å². The first-order valence-corrected chi connectivity index (χ1v) is 4.22. The molecular weight excluding hydrogens is 170 g/mol. The summed E-state index contributed by atoms with van der Waals surface area (Å²) >= 11 is 0. The van der Waals surface area contributed by atoms with Gasteiger partial charge in [-0.2, -0.15) is 5.10 Å². The summed E-state index contributed by atoms with van der Waals surface area (Å²) in [7, 11) is 0. The number of nitrogens with zero attached hydrogens (tertiary/aromatic N) is 2. The van der Waals surface area contributed by atoms with Crippen molar-refractivity contribution in [2.75, 3.05) is 0 Å². The van der Waals surface area contributed by atoms with E-state index in [0.717, 1.165) is 5.82 Å². The van der Waals surface area contributed by atoms with E-state index in [1.54, 1.807) is 0 Å². The Bertz CT molecular complexity index is 293. The predicted molar refractivity (Wildman–Crippen MR) is 46.4 cm³/mol. The zero-order valence-electron chi connectivity index (χ0n) is 7.74. The number of hydrogen-bond donors (Lipinski definition) is 2. The molecule has 1 aromatic heterocycles. The van der Waals surface area contributed by atoms with Crippen LogP contribution in [0.3, 0.4) is 0 Å². The second-order valence-corrected chi connectivity index (χ2v) is 3.19. The number of aromatic nitrogens is 3. The van der Waals surface area contributed by atoms with Crippen LogP contribution in [0.15, 0.2) is 0 Å². The van der Waals surface area contributed by atoms with Gasteiger partial charge in [0.2, 0.25) is 0 Å². The number of aryl methyl sites for hydroxylation is 1. The Balaban J connectivity index is 2.54. The van der Waals surface area contributed by atoms with Crippen molar-refractivity contribution in [3.63, 3.8) is 0 Å².